The van der Waals surface area contributed by atoms with Crippen LogP contribution in [0.1, 0.15) is 12.0 Å². The average molecular weight is 258 g/mol. The number of aliphatic hydroxyl groups excluding tert-OH is 1. The lowest BCUT2D eigenvalue weighted by Crippen LogP contribution is -2.24. The van der Waals surface area contributed by atoms with E-state index in [1.807, 2.05) is 0 Å². The van der Waals surface area contributed by atoms with Crippen LogP contribution in [0, 0.1) is 11.7 Å². The Kier molecular flexibility index (Phi) is 3.49. The molecule has 0 radical (unpaired) electrons. The summed E-state index contributed by atoms with van der Waals surface area (Å²) in [6.07, 6.45) is -0.144. The number of rotatable bonds is 3. The average Bonchev–Trinajstić information content (AvgIpc) is 2.62. The molecule has 2 unspecified atom stereocenters. The first kappa shape index (κ1) is 12.5. The fourth-order valence-corrected chi connectivity index (χ4v) is 4.05. The van der Waals surface area contributed by atoms with Gasteiger partial charge in [0.1, 0.15) is 5.82 Å². The second kappa shape index (κ2) is 4.74. The van der Waals surface area contributed by atoms with E-state index in [4.69, 9.17) is 0 Å². The molecule has 5 heteroatoms. The molecule has 1 aliphatic heterocycles. The molecule has 1 saturated heterocycles. The fraction of sp³-hybridized carbons (Fsp3) is 0.500. The summed E-state index contributed by atoms with van der Waals surface area (Å²) in [5.41, 5.74) is 0.435. The number of benzene rings is 1. The van der Waals surface area contributed by atoms with Crippen molar-refractivity contribution < 1.29 is 17.9 Å². The molecule has 1 aromatic carbocycles. The van der Waals surface area contributed by atoms with Gasteiger partial charge < -0.3 is 5.11 Å². The Labute approximate surface area is 100 Å². The topological polar surface area (TPSA) is 54.4 Å². The zero-order chi connectivity index (χ0) is 12.5. The first-order valence-corrected chi connectivity index (χ1v) is 7.42. The lowest BCUT2D eigenvalue weighted by atomic mass is 9.95. The molecule has 0 amide bonds. The van der Waals surface area contributed by atoms with Gasteiger partial charge in [0.05, 0.1) is 17.6 Å². The first-order valence-electron chi connectivity index (χ1n) is 5.60. The second-order valence-corrected chi connectivity index (χ2v) is 6.75. The highest BCUT2D eigenvalue weighted by molar-refractivity contribution is 7.91. The van der Waals surface area contributed by atoms with Crippen molar-refractivity contribution in [3.63, 3.8) is 0 Å². The molecule has 0 spiro atoms. The predicted molar refractivity (Wildman–Crippen MR) is 62.9 cm³/mol. The van der Waals surface area contributed by atoms with Crippen molar-refractivity contribution in [3.05, 3.63) is 35.6 Å². The molecule has 17 heavy (non-hydrogen) atoms. The lowest BCUT2D eigenvalue weighted by Gasteiger charge is -2.16. The SMILES string of the molecule is O=S1(=O)CCC(C(O)Cc2ccccc2F)C1. The highest BCUT2D eigenvalue weighted by atomic mass is 32.2. The number of hydrogen-bond donors (Lipinski definition) is 1. The van der Waals surface area contributed by atoms with E-state index in [-0.39, 0.29) is 29.7 Å². The van der Waals surface area contributed by atoms with Crippen LogP contribution in [0.2, 0.25) is 0 Å². The fourth-order valence-electron chi connectivity index (χ4n) is 2.18. The van der Waals surface area contributed by atoms with Crippen molar-refractivity contribution >= 4 is 9.84 Å². The molecule has 1 heterocycles. The molecule has 1 aliphatic rings. The van der Waals surface area contributed by atoms with Gasteiger partial charge in [0.25, 0.3) is 0 Å². The smallest absolute Gasteiger partial charge is 0.150 e. The standard InChI is InChI=1S/C12H15FO3S/c13-11-4-2-1-3-9(11)7-12(14)10-5-6-17(15,16)8-10/h1-4,10,12,14H,5-8H2. The minimum atomic E-state index is -3.00. The third-order valence-electron chi connectivity index (χ3n) is 3.20. The van der Waals surface area contributed by atoms with Gasteiger partial charge >= 0.3 is 0 Å². The van der Waals surface area contributed by atoms with E-state index in [0.29, 0.717) is 12.0 Å². The van der Waals surface area contributed by atoms with Crippen molar-refractivity contribution in [2.45, 2.75) is 18.9 Å². The van der Waals surface area contributed by atoms with Gasteiger partial charge in [-0.25, -0.2) is 12.8 Å². The summed E-state index contributed by atoms with van der Waals surface area (Å²) in [4.78, 5) is 0. The minimum Gasteiger partial charge on any atom is -0.392 e. The minimum absolute atomic E-state index is 0.0165. The van der Waals surface area contributed by atoms with Crippen LogP contribution in [-0.2, 0) is 16.3 Å². The van der Waals surface area contributed by atoms with E-state index in [1.165, 1.54) is 6.07 Å². The molecule has 3 nitrogen and oxygen atoms in total. The quantitative estimate of drug-likeness (QED) is 0.885. The molecule has 0 aromatic heterocycles. The first-order chi connectivity index (χ1) is 7.98. The maximum atomic E-state index is 13.4. The van der Waals surface area contributed by atoms with Gasteiger partial charge in [-0.05, 0) is 18.1 Å². The number of halogens is 1. The van der Waals surface area contributed by atoms with Crippen LogP contribution in [0.25, 0.3) is 0 Å². The summed E-state index contributed by atoms with van der Waals surface area (Å²) < 4.78 is 35.9. The van der Waals surface area contributed by atoms with Crippen molar-refractivity contribution in [2.75, 3.05) is 11.5 Å². The van der Waals surface area contributed by atoms with E-state index >= 15 is 0 Å². The number of hydrogen-bond acceptors (Lipinski definition) is 3. The van der Waals surface area contributed by atoms with Crippen LogP contribution < -0.4 is 0 Å². The van der Waals surface area contributed by atoms with Crippen LogP contribution in [0.4, 0.5) is 4.39 Å². The zero-order valence-electron chi connectivity index (χ0n) is 9.34. The van der Waals surface area contributed by atoms with E-state index in [9.17, 15) is 17.9 Å². The summed E-state index contributed by atoms with van der Waals surface area (Å²) in [6.45, 7) is 0. The molecule has 1 aromatic rings. The molecule has 1 N–H and O–H groups in total. The lowest BCUT2D eigenvalue weighted by molar-refractivity contribution is 0.119. The Morgan fingerprint density at radius 3 is 2.71 bits per heavy atom. The molecule has 1 fully saturated rings. The normalized spacial score (nSPS) is 24.7. The molecule has 0 saturated carbocycles. The largest absolute Gasteiger partial charge is 0.392 e. The molecular weight excluding hydrogens is 243 g/mol. The Hall–Kier alpha value is -0.940. The number of sulfone groups is 1. The maximum Gasteiger partial charge on any atom is 0.150 e. The highest BCUT2D eigenvalue weighted by Crippen LogP contribution is 2.24. The second-order valence-electron chi connectivity index (χ2n) is 4.53. The molecule has 94 valence electrons. The molecular formula is C12H15FO3S. The number of aliphatic hydroxyl groups is 1. The summed E-state index contributed by atoms with van der Waals surface area (Å²) in [5, 5.41) is 9.93. The third-order valence-corrected chi connectivity index (χ3v) is 4.99. The van der Waals surface area contributed by atoms with Crippen LogP contribution in [0.5, 0.6) is 0 Å². The molecule has 0 aliphatic carbocycles. The van der Waals surface area contributed by atoms with Gasteiger partial charge in [0.2, 0.25) is 0 Å². The predicted octanol–water partition coefficient (Wildman–Crippen LogP) is 1.16. The Morgan fingerprint density at radius 2 is 2.12 bits per heavy atom. The Bertz CT molecular complexity index is 498. The molecule has 2 rings (SSSR count). The van der Waals surface area contributed by atoms with Crippen molar-refractivity contribution in [1.82, 2.24) is 0 Å². The van der Waals surface area contributed by atoms with Crippen LogP contribution in [-0.4, -0.2) is 31.1 Å². The zero-order valence-corrected chi connectivity index (χ0v) is 10.2. The van der Waals surface area contributed by atoms with Crippen LogP contribution in [0.15, 0.2) is 24.3 Å². The van der Waals surface area contributed by atoms with Gasteiger partial charge in [-0.3, -0.25) is 0 Å². The summed E-state index contributed by atoms with van der Waals surface area (Å²) >= 11 is 0. The van der Waals surface area contributed by atoms with Gasteiger partial charge in [0, 0.05) is 12.3 Å². The summed E-state index contributed by atoms with van der Waals surface area (Å²) in [7, 11) is -3.00. The third kappa shape index (κ3) is 3.04. The van der Waals surface area contributed by atoms with E-state index in [0.717, 1.165) is 0 Å². The van der Waals surface area contributed by atoms with Crippen molar-refractivity contribution in [2.24, 2.45) is 5.92 Å². The highest BCUT2D eigenvalue weighted by Gasteiger charge is 2.32. The van der Waals surface area contributed by atoms with E-state index < -0.39 is 15.9 Å². The van der Waals surface area contributed by atoms with E-state index in [1.54, 1.807) is 18.2 Å². The van der Waals surface area contributed by atoms with Gasteiger partial charge in [-0.2, -0.15) is 0 Å². The monoisotopic (exact) mass is 258 g/mol. The summed E-state index contributed by atoms with van der Waals surface area (Å²) in [6, 6.07) is 6.25. The van der Waals surface area contributed by atoms with E-state index in [2.05, 4.69) is 0 Å². The van der Waals surface area contributed by atoms with Gasteiger partial charge in [-0.1, -0.05) is 18.2 Å². The van der Waals surface area contributed by atoms with Crippen LogP contribution >= 0.6 is 0 Å². The molecule has 2 atom stereocenters. The van der Waals surface area contributed by atoms with Gasteiger partial charge in [-0.15, -0.1) is 0 Å². The maximum absolute atomic E-state index is 13.4. The Morgan fingerprint density at radius 1 is 1.41 bits per heavy atom. The van der Waals surface area contributed by atoms with Crippen LogP contribution in [0.3, 0.4) is 0 Å². The van der Waals surface area contributed by atoms with Crippen molar-refractivity contribution in [1.29, 1.82) is 0 Å². The van der Waals surface area contributed by atoms with Crippen molar-refractivity contribution in [3.8, 4) is 0 Å². The van der Waals surface area contributed by atoms with Gasteiger partial charge in [0.15, 0.2) is 9.84 Å². The summed E-state index contributed by atoms with van der Waals surface area (Å²) in [5.74, 6) is -0.471. The molecule has 0 bridgehead atoms. The Balaban J connectivity index is 2.03.